The number of halogens is 1. The molecule has 1 aromatic carbocycles. The second-order valence-electron chi connectivity index (χ2n) is 4.21. The third-order valence-electron chi connectivity index (χ3n) is 2.56. The van der Waals surface area contributed by atoms with Crippen molar-refractivity contribution in [3.63, 3.8) is 0 Å². The van der Waals surface area contributed by atoms with E-state index in [1.807, 2.05) is 0 Å². The summed E-state index contributed by atoms with van der Waals surface area (Å²) in [6, 6.07) is 5.56. The number of carbonyl (C=O) groups is 1. The lowest BCUT2D eigenvalue weighted by Crippen LogP contribution is -2.13. The largest absolute Gasteiger partial charge is 0.397 e. The maximum Gasteiger partial charge on any atom is 0.272 e. The van der Waals surface area contributed by atoms with Gasteiger partial charge in [-0.25, -0.2) is 8.42 Å². The van der Waals surface area contributed by atoms with Gasteiger partial charge in [-0.15, -0.1) is 0 Å². The summed E-state index contributed by atoms with van der Waals surface area (Å²) in [6.07, 6.45) is 2.55. The molecule has 0 fully saturated rings. The first-order valence-corrected chi connectivity index (χ1v) is 7.79. The topological polar surface area (TPSA) is 105 Å². The van der Waals surface area contributed by atoms with E-state index in [1.165, 1.54) is 30.5 Å². The van der Waals surface area contributed by atoms with Crippen molar-refractivity contribution in [3.8, 4) is 0 Å². The molecule has 106 valence electrons. The zero-order valence-electron chi connectivity index (χ0n) is 10.5. The van der Waals surface area contributed by atoms with E-state index in [2.05, 4.69) is 10.3 Å². The highest BCUT2D eigenvalue weighted by Gasteiger charge is 2.14. The van der Waals surface area contributed by atoms with Gasteiger partial charge in [0.25, 0.3) is 5.91 Å². The van der Waals surface area contributed by atoms with Crippen LogP contribution < -0.4 is 11.1 Å². The lowest BCUT2D eigenvalue weighted by Gasteiger charge is -2.08. The Balaban J connectivity index is 2.31. The molecule has 1 amide bonds. The number of aromatic nitrogens is 1. The van der Waals surface area contributed by atoms with Gasteiger partial charge in [0.05, 0.1) is 15.6 Å². The van der Waals surface area contributed by atoms with Gasteiger partial charge in [0, 0.05) is 18.1 Å². The Labute approximate surface area is 120 Å². The fourth-order valence-corrected chi connectivity index (χ4v) is 2.37. The SMILES string of the molecule is CS(=O)(=O)c1ccc(Cl)c(NC(=O)c2cc(N)c[nH]2)c1. The number of hydrogen-bond acceptors (Lipinski definition) is 4. The third-order valence-corrected chi connectivity index (χ3v) is 4.00. The fourth-order valence-electron chi connectivity index (χ4n) is 1.56. The molecule has 0 aliphatic rings. The molecule has 0 atom stereocenters. The van der Waals surface area contributed by atoms with Crippen LogP contribution >= 0.6 is 11.6 Å². The number of carbonyl (C=O) groups excluding carboxylic acids is 1. The molecule has 0 aliphatic carbocycles. The van der Waals surface area contributed by atoms with Crippen LogP contribution in [0.1, 0.15) is 10.5 Å². The molecule has 20 heavy (non-hydrogen) atoms. The number of nitrogens with two attached hydrogens (primary N) is 1. The number of aromatic amines is 1. The highest BCUT2D eigenvalue weighted by Crippen LogP contribution is 2.25. The second-order valence-corrected chi connectivity index (χ2v) is 6.64. The molecule has 0 saturated carbocycles. The average Bonchev–Trinajstić information content (AvgIpc) is 2.77. The van der Waals surface area contributed by atoms with Crippen molar-refractivity contribution in [3.05, 3.63) is 41.2 Å². The Kier molecular flexibility index (Phi) is 3.74. The van der Waals surface area contributed by atoms with Gasteiger partial charge in [0.15, 0.2) is 9.84 Å². The Morgan fingerprint density at radius 1 is 1.35 bits per heavy atom. The van der Waals surface area contributed by atoms with E-state index in [1.54, 1.807) is 0 Å². The van der Waals surface area contributed by atoms with Gasteiger partial charge in [-0.1, -0.05) is 11.6 Å². The summed E-state index contributed by atoms with van der Waals surface area (Å²) in [7, 11) is -3.38. The summed E-state index contributed by atoms with van der Waals surface area (Å²) in [4.78, 5) is 14.7. The average molecular weight is 314 g/mol. The summed E-state index contributed by atoms with van der Waals surface area (Å²) < 4.78 is 23.0. The van der Waals surface area contributed by atoms with Crippen molar-refractivity contribution in [1.82, 2.24) is 4.98 Å². The van der Waals surface area contributed by atoms with E-state index in [-0.39, 0.29) is 21.3 Å². The monoisotopic (exact) mass is 313 g/mol. The highest BCUT2D eigenvalue weighted by atomic mass is 35.5. The molecule has 0 bridgehead atoms. The fraction of sp³-hybridized carbons (Fsp3) is 0.0833. The van der Waals surface area contributed by atoms with Crippen LogP contribution in [0, 0.1) is 0 Å². The van der Waals surface area contributed by atoms with Crippen LogP contribution in [0.5, 0.6) is 0 Å². The predicted octanol–water partition coefficient (Wildman–Crippen LogP) is 1.91. The standard InChI is InChI=1S/C12H12ClN3O3S/c1-20(18,19)8-2-3-9(13)10(5-8)16-12(17)11-4-7(14)6-15-11/h2-6,15H,14H2,1H3,(H,16,17). The first kappa shape index (κ1) is 14.4. The molecular formula is C12H12ClN3O3S. The number of hydrogen-bond donors (Lipinski definition) is 3. The van der Waals surface area contributed by atoms with E-state index in [0.717, 1.165) is 6.26 Å². The van der Waals surface area contributed by atoms with Crippen molar-refractivity contribution in [2.24, 2.45) is 0 Å². The number of sulfone groups is 1. The van der Waals surface area contributed by atoms with Crippen molar-refractivity contribution in [2.75, 3.05) is 17.3 Å². The van der Waals surface area contributed by atoms with Crippen LogP contribution in [0.2, 0.25) is 5.02 Å². The number of amides is 1. The number of H-pyrrole nitrogens is 1. The van der Waals surface area contributed by atoms with E-state index in [4.69, 9.17) is 17.3 Å². The van der Waals surface area contributed by atoms with Gasteiger partial charge in [0.1, 0.15) is 5.69 Å². The van der Waals surface area contributed by atoms with Crippen LogP contribution in [0.25, 0.3) is 0 Å². The second kappa shape index (κ2) is 5.18. The van der Waals surface area contributed by atoms with Gasteiger partial charge in [-0.05, 0) is 24.3 Å². The van der Waals surface area contributed by atoms with E-state index in [9.17, 15) is 13.2 Å². The molecule has 0 spiro atoms. The molecule has 1 heterocycles. The maximum absolute atomic E-state index is 11.9. The maximum atomic E-state index is 11.9. The van der Waals surface area contributed by atoms with Crippen LogP contribution in [0.4, 0.5) is 11.4 Å². The Morgan fingerprint density at radius 3 is 2.60 bits per heavy atom. The third kappa shape index (κ3) is 3.12. The Morgan fingerprint density at radius 2 is 2.05 bits per heavy atom. The van der Waals surface area contributed by atoms with Crippen molar-refractivity contribution < 1.29 is 13.2 Å². The summed E-state index contributed by atoms with van der Waals surface area (Å²) >= 11 is 5.94. The zero-order valence-corrected chi connectivity index (χ0v) is 12.0. The van der Waals surface area contributed by atoms with Crippen molar-refractivity contribution in [1.29, 1.82) is 0 Å². The van der Waals surface area contributed by atoms with Crippen molar-refractivity contribution in [2.45, 2.75) is 4.90 Å². The lowest BCUT2D eigenvalue weighted by atomic mass is 10.3. The first-order chi connectivity index (χ1) is 9.27. The molecule has 2 rings (SSSR count). The zero-order chi connectivity index (χ0) is 14.9. The minimum Gasteiger partial charge on any atom is -0.397 e. The number of benzene rings is 1. The normalized spacial score (nSPS) is 11.3. The molecular weight excluding hydrogens is 302 g/mol. The van der Waals surface area contributed by atoms with Crippen LogP contribution in [0.3, 0.4) is 0 Å². The molecule has 6 nitrogen and oxygen atoms in total. The predicted molar refractivity (Wildman–Crippen MR) is 77.7 cm³/mol. The van der Waals surface area contributed by atoms with Gasteiger partial charge in [-0.3, -0.25) is 4.79 Å². The Bertz CT molecular complexity index is 768. The van der Waals surface area contributed by atoms with Crippen LogP contribution in [-0.2, 0) is 9.84 Å². The number of anilines is 2. The smallest absolute Gasteiger partial charge is 0.272 e. The summed E-state index contributed by atoms with van der Waals surface area (Å²) in [5.41, 5.74) is 6.40. The molecule has 0 aliphatic heterocycles. The van der Waals surface area contributed by atoms with Gasteiger partial charge in [0.2, 0.25) is 0 Å². The van der Waals surface area contributed by atoms with E-state index >= 15 is 0 Å². The van der Waals surface area contributed by atoms with Gasteiger partial charge < -0.3 is 16.0 Å². The molecule has 2 aromatic rings. The van der Waals surface area contributed by atoms with E-state index < -0.39 is 15.7 Å². The van der Waals surface area contributed by atoms with Crippen molar-refractivity contribution >= 4 is 38.7 Å². The summed E-state index contributed by atoms with van der Waals surface area (Å²) in [5, 5.41) is 2.77. The minimum absolute atomic E-state index is 0.0724. The lowest BCUT2D eigenvalue weighted by molar-refractivity contribution is 0.102. The van der Waals surface area contributed by atoms with E-state index in [0.29, 0.717) is 5.69 Å². The van der Waals surface area contributed by atoms with Crippen LogP contribution in [-0.4, -0.2) is 25.6 Å². The first-order valence-electron chi connectivity index (χ1n) is 5.52. The highest BCUT2D eigenvalue weighted by molar-refractivity contribution is 7.90. The molecule has 4 N–H and O–H groups in total. The molecule has 8 heteroatoms. The Hall–Kier alpha value is -1.99. The summed E-state index contributed by atoms with van der Waals surface area (Å²) in [6.45, 7) is 0. The molecule has 0 radical (unpaired) electrons. The number of nitrogen functional groups attached to an aromatic ring is 1. The van der Waals surface area contributed by atoms with Crippen LogP contribution in [0.15, 0.2) is 35.4 Å². The quantitative estimate of drug-likeness (QED) is 0.804. The summed E-state index contributed by atoms with van der Waals surface area (Å²) in [5.74, 6) is -0.464. The minimum atomic E-state index is -3.38. The van der Waals surface area contributed by atoms with Gasteiger partial charge in [-0.2, -0.15) is 0 Å². The van der Waals surface area contributed by atoms with Gasteiger partial charge >= 0.3 is 0 Å². The molecule has 1 aromatic heterocycles. The molecule has 0 unspecified atom stereocenters. The number of rotatable bonds is 3. The molecule has 0 saturated heterocycles. The number of nitrogens with one attached hydrogen (secondary N) is 2.